The van der Waals surface area contributed by atoms with E-state index in [2.05, 4.69) is 35.6 Å². The molecule has 9 heteroatoms. The van der Waals surface area contributed by atoms with Crippen molar-refractivity contribution in [2.45, 2.75) is 58.7 Å². The molecule has 0 spiro atoms. The number of hydrogen-bond donors (Lipinski definition) is 2. The van der Waals surface area contributed by atoms with Crippen molar-refractivity contribution >= 4 is 33.3 Å². The van der Waals surface area contributed by atoms with Gasteiger partial charge in [0, 0.05) is 53.4 Å². The smallest absolute Gasteiger partial charge is 0.338 e. The Hall–Kier alpha value is -4.44. The Morgan fingerprint density at radius 1 is 0.857 bits per heavy atom. The number of amides is 1. The van der Waals surface area contributed by atoms with Crippen LogP contribution in [-0.4, -0.2) is 48.6 Å². The van der Waals surface area contributed by atoms with Crippen LogP contribution in [0.5, 0.6) is 0 Å². The Morgan fingerprint density at radius 3 is 2.29 bits per heavy atom. The van der Waals surface area contributed by atoms with Crippen molar-refractivity contribution in [1.29, 1.82) is 0 Å². The highest BCUT2D eigenvalue weighted by atomic mass is 32.1. The Labute approximate surface area is 290 Å². The van der Waals surface area contributed by atoms with Gasteiger partial charge in [-0.1, -0.05) is 50.2 Å². The summed E-state index contributed by atoms with van der Waals surface area (Å²) in [6.45, 7) is 7.78. The zero-order chi connectivity index (χ0) is 34.9. The SMILES string of the molecule is CCCN(CCC)C(=O)c1cc(C)cc(C(=O)OC(CNCc2cccc(-c3cc4ccccc4s3)c2)C(N)Cc2cc(F)cc(F)c2)c1. The minimum Gasteiger partial charge on any atom is -0.456 e. The normalized spacial score (nSPS) is 12.5. The first-order valence-electron chi connectivity index (χ1n) is 16.7. The zero-order valence-electron chi connectivity index (χ0n) is 28.2. The Balaban J connectivity index is 1.33. The number of nitrogens with two attached hydrogens (primary N) is 1. The van der Waals surface area contributed by atoms with Gasteiger partial charge in [0.1, 0.15) is 17.7 Å². The number of carbonyl (C=O) groups is 2. The zero-order valence-corrected chi connectivity index (χ0v) is 29.0. The Kier molecular flexibility index (Phi) is 12.3. The second-order valence-electron chi connectivity index (χ2n) is 12.4. The van der Waals surface area contributed by atoms with E-state index in [1.807, 2.05) is 45.0 Å². The van der Waals surface area contributed by atoms with Crippen molar-refractivity contribution in [1.82, 2.24) is 10.2 Å². The first kappa shape index (κ1) is 35.9. The molecular formula is C40H43F2N3O3S. The van der Waals surface area contributed by atoms with Crippen LogP contribution in [0.2, 0.25) is 0 Å². The largest absolute Gasteiger partial charge is 0.456 e. The van der Waals surface area contributed by atoms with E-state index in [0.29, 0.717) is 30.8 Å². The van der Waals surface area contributed by atoms with E-state index in [-0.39, 0.29) is 24.4 Å². The molecule has 0 aliphatic heterocycles. The first-order valence-corrected chi connectivity index (χ1v) is 17.6. The van der Waals surface area contributed by atoms with Crippen molar-refractivity contribution < 1.29 is 23.1 Å². The van der Waals surface area contributed by atoms with Gasteiger partial charge in [0.15, 0.2) is 0 Å². The number of rotatable bonds is 15. The van der Waals surface area contributed by atoms with E-state index in [4.69, 9.17) is 10.5 Å². The van der Waals surface area contributed by atoms with Crippen LogP contribution < -0.4 is 11.1 Å². The molecule has 256 valence electrons. The summed E-state index contributed by atoms with van der Waals surface area (Å²) in [6, 6.07) is 26.2. The van der Waals surface area contributed by atoms with Crippen LogP contribution in [0, 0.1) is 18.6 Å². The molecule has 0 aliphatic carbocycles. The number of carbonyl (C=O) groups excluding carboxylic acids is 2. The van der Waals surface area contributed by atoms with E-state index >= 15 is 0 Å². The van der Waals surface area contributed by atoms with Crippen LogP contribution in [-0.2, 0) is 17.7 Å². The summed E-state index contributed by atoms with van der Waals surface area (Å²) < 4.78 is 35.2. The van der Waals surface area contributed by atoms with Gasteiger partial charge in [0.2, 0.25) is 0 Å². The molecule has 1 amide bonds. The van der Waals surface area contributed by atoms with Crippen LogP contribution in [0.15, 0.2) is 91.0 Å². The average molecular weight is 684 g/mol. The summed E-state index contributed by atoms with van der Waals surface area (Å²) in [5, 5.41) is 4.58. The number of nitrogens with zero attached hydrogens (tertiary/aromatic N) is 1. The molecule has 0 bridgehead atoms. The maximum atomic E-state index is 14.0. The molecule has 1 aromatic heterocycles. The Bertz CT molecular complexity index is 1850. The third-order valence-corrected chi connectivity index (χ3v) is 9.44. The molecule has 0 saturated carbocycles. The average Bonchev–Trinajstić information content (AvgIpc) is 3.51. The number of ether oxygens (including phenoxy) is 1. The van der Waals surface area contributed by atoms with Crippen LogP contribution in [0.25, 0.3) is 20.5 Å². The number of nitrogens with one attached hydrogen (secondary N) is 1. The van der Waals surface area contributed by atoms with Gasteiger partial charge < -0.3 is 20.7 Å². The van der Waals surface area contributed by atoms with Crippen LogP contribution in [0.4, 0.5) is 8.78 Å². The summed E-state index contributed by atoms with van der Waals surface area (Å²) in [6.07, 6.45) is 0.879. The third-order valence-electron chi connectivity index (χ3n) is 8.28. The molecule has 0 radical (unpaired) electrons. The number of aryl methyl sites for hydroxylation is 1. The number of thiophene rings is 1. The molecule has 2 unspecified atom stereocenters. The third kappa shape index (κ3) is 9.59. The molecule has 49 heavy (non-hydrogen) atoms. The highest BCUT2D eigenvalue weighted by Crippen LogP contribution is 2.33. The molecular weight excluding hydrogens is 641 g/mol. The Morgan fingerprint density at radius 2 is 1.57 bits per heavy atom. The van der Waals surface area contributed by atoms with Gasteiger partial charge in [0.05, 0.1) is 5.56 Å². The van der Waals surface area contributed by atoms with E-state index in [1.165, 1.54) is 27.1 Å². The minimum absolute atomic E-state index is 0.0796. The number of fused-ring (bicyclic) bond motifs is 1. The lowest BCUT2D eigenvalue weighted by molar-refractivity contribution is 0.0238. The highest BCUT2D eigenvalue weighted by Gasteiger charge is 2.25. The fourth-order valence-corrected chi connectivity index (χ4v) is 7.06. The quantitative estimate of drug-likeness (QED) is 0.109. The molecule has 3 N–H and O–H groups in total. The maximum Gasteiger partial charge on any atom is 0.338 e. The number of hydrogen-bond acceptors (Lipinski definition) is 6. The summed E-state index contributed by atoms with van der Waals surface area (Å²) in [4.78, 5) is 29.9. The standard InChI is InChI=1S/C40H43F2N3O3S/c1-4-13-45(14-5-2)39(46)31-15-26(3)16-32(21-31)40(47)48-36(35(43)20-28-18-33(41)23-34(42)19-28)25-44-24-27-9-8-11-29(17-27)38-22-30-10-6-7-12-37(30)49-38/h6-12,15-19,21-23,35-36,44H,4-5,13-14,20,24-25,43H2,1-3H3. The summed E-state index contributed by atoms with van der Waals surface area (Å²) >= 11 is 1.74. The van der Waals surface area contributed by atoms with Gasteiger partial charge in [-0.2, -0.15) is 0 Å². The van der Waals surface area contributed by atoms with Crippen LogP contribution in [0.3, 0.4) is 0 Å². The second kappa shape index (κ2) is 16.8. The van der Waals surface area contributed by atoms with Gasteiger partial charge in [-0.05, 0) is 102 Å². The number of esters is 1. The van der Waals surface area contributed by atoms with Gasteiger partial charge in [-0.3, -0.25) is 4.79 Å². The molecule has 5 aromatic rings. The van der Waals surface area contributed by atoms with E-state index in [9.17, 15) is 18.4 Å². The summed E-state index contributed by atoms with van der Waals surface area (Å²) in [7, 11) is 0. The second-order valence-corrected chi connectivity index (χ2v) is 13.5. The summed E-state index contributed by atoms with van der Waals surface area (Å²) in [5.41, 5.74) is 10.5. The molecule has 4 aromatic carbocycles. The van der Waals surface area contributed by atoms with E-state index in [1.54, 1.807) is 34.4 Å². The van der Waals surface area contributed by atoms with Crippen molar-refractivity contribution in [3.8, 4) is 10.4 Å². The van der Waals surface area contributed by atoms with Gasteiger partial charge in [-0.15, -0.1) is 11.3 Å². The van der Waals surface area contributed by atoms with Gasteiger partial charge >= 0.3 is 5.97 Å². The summed E-state index contributed by atoms with van der Waals surface area (Å²) in [5.74, 6) is -2.17. The topological polar surface area (TPSA) is 84.7 Å². The highest BCUT2D eigenvalue weighted by molar-refractivity contribution is 7.22. The van der Waals surface area contributed by atoms with Gasteiger partial charge in [-0.25, -0.2) is 13.6 Å². The molecule has 0 aliphatic rings. The van der Waals surface area contributed by atoms with E-state index in [0.717, 1.165) is 35.6 Å². The number of halogens is 2. The predicted octanol–water partition coefficient (Wildman–Crippen LogP) is 8.30. The lowest BCUT2D eigenvalue weighted by Crippen LogP contribution is -2.46. The first-order chi connectivity index (χ1) is 23.6. The predicted molar refractivity (Wildman–Crippen MR) is 194 cm³/mol. The number of benzene rings is 4. The van der Waals surface area contributed by atoms with Crippen molar-refractivity contribution in [3.05, 3.63) is 130 Å². The molecule has 6 nitrogen and oxygen atoms in total. The minimum atomic E-state index is -0.846. The monoisotopic (exact) mass is 683 g/mol. The van der Waals surface area contributed by atoms with Crippen molar-refractivity contribution in [2.24, 2.45) is 5.73 Å². The van der Waals surface area contributed by atoms with Crippen LogP contribution >= 0.6 is 11.3 Å². The molecule has 0 saturated heterocycles. The van der Waals surface area contributed by atoms with E-state index < -0.39 is 29.7 Å². The lowest BCUT2D eigenvalue weighted by atomic mass is 10.0. The lowest BCUT2D eigenvalue weighted by Gasteiger charge is -2.25. The van der Waals surface area contributed by atoms with Crippen molar-refractivity contribution in [3.63, 3.8) is 0 Å². The molecule has 2 atom stereocenters. The fraction of sp³-hybridized carbons (Fsp3) is 0.300. The molecule has 5 rings (SSSR count). The molecule has 1 heterocycles. The fourth-order valence-electron chi connectivity index (χ4n) is 6.00. The van der Waals surface area contributed by atoms with Crippen LogP contribution in [0.1, 0.15) is 64.1 Å². The maximum absolute atomic E-state index is 14.0. The van der Waals surface area contributed by atoms with Crippen molar-refractivity contribution in [2.75, 3.05) is 19.6 Å². The van der Waals surface area contributed by atoms with Gasteiger partial charge in [0.25, 0.3) is 5.91 Å². The molecule has 0 fully saturated rings.